The van der Waals surface area contributed by atoms with E-state index in [0.29, 0.717) is 13.1 Å². The number of carbonyl (C=O) groups excluding carboxylic acids is 1. The molecule has 6 heteroatoms. The van der Waals surface area contributed by atoms with Gasteiger partial charge in [0.15, 0.2) is 9.84 Å². The summed E-state index contributed by atoms with van der Waals surface area (Å²) >= 11 is 3.26. The number of piperidine rings is 1. The van der Waals surface area contributed by atoms with Crippen molar-refractivity contribution in [3.05, 3.63) is 28.7 Å². The Morgan fingerprint density at radius 1 is 1.11 bits per heavy atom. The maximum absolute atomic E-state index is 12.1. The molecule has 1 aromatic rings. The molecular weight excluding hydrogens is 330 g/mol. The fraction of sp³-hybridized carbons (Fsp3) is 0.462. The van der Waals surface area contributed by atoms with E-state index in [4.69, 9.17) is 0 Å². The Balaban J connectivity index is 2.08. The number of amides is 1. The number of halogens is 1. The van der Waals surface area contributed by atoms with E-state index in [1.165, 1.54) is 12.1 Å². The topological polar surface area (TPSA) is 54.5 Å². The van der Waals surface area contributed by atoms with Crippen molar-refractivity contribution in [3.63, 3.8) is 0 Å². The number of hydrogen-bond donors (Lipinski definition) is 0. The molecule has 0 spiro atoms. The Hall–Kier alpha value is -0.880. The van der Waals surface area contributed by atoms with Crippen molar-refractivity contribution in [2.45, 2.75) is 24.2 Å². The molecular formula is C13H16BrNO3S. The Morgan fingerprint density at radius 2 is 1.68 bits per heavy atom. The van der Waals surface area contributed by atoms with Crippen LogP contribution in [0.1, 0.15) is 19.3 Å². The summed E-state index contributed by atoms with van der Waals surface area (Å²) in [4.78, 5) is 13.8. The van der Waals surface area contributed by atoms with Crippen LogP contribution in [0.5, 0.6) is 0 Å². The first kappa shape index (κ1) is 14.5. The van der Waals surface area contributed by atoms with Crippen LogP contribution in [0.15, 0.2) is 33.6 Å². The summed E-state index contributed by atoms with van der Waals surface area (Å²) in [7, 11) is -3.54. The molecule has 0 unspecified atom stereocenters. The lowest BCUT2D eigenvalue weighted by Gasteiger charge is -2.26. The second-order valence-electron chi connectivity index (χ2n) is 4.65. The quantitative estimate of drug-likeness (QED) is 0.843. The van der Waals surface area contributed by atoms with Crippen molar-refractivity contribution in [2.75, 3.05) is 18.8 Å². The average Bonchev–Trinajstić information content (AvgIpc) is 2.40. The van der Waals surface area contributed by atoms with Crippen LogP contribution in [0, 0.1) is 0 Å². The van der Waals surface area contributed by atoms with E-state index in [2.05, 4.69) is 15.9 Å². The van der Waals surface area contributed by atoms with Crippen LogP contribution in [0.3, 0.4) is 0 Å². The van der Waals surface area contributed by atoms with Crippen molar-refractivity contribution < 1.29 is 13.2 Å². The molecule has 0 N–H and O–H groups in total. The van der Waals surface area contributed by atoms with Crippen molar-refractivity contribution >= 4 is 31.7 Å². The first-order valence-electron chi connectivity index (χ1n) is 6.25. The molecule has 2 rings (SSSR count). The fourth-order valence-electron chi connectivity index (χ4n) is 2.12. The summed E-state index contributed by atoms with van der Waals surface area (Å²) in [5.41, 5.74) is 0. The van der Waals surface area contributed by atoms with Gasteiger partial charge in [-0.15, -0.1) is 0 Å². The number of rotatable bonds is 3. The number of benzene rings is 1. The Kier molecular flexibility index (Phi) is 4.62. The zero-order valence-electron chi connectivity index (χ0n) is 10.5. The molecule has 4 nitrogen and oxygen atoms in total. The SMILES string of the molecule is O=C(CS(=O)(=O)c1ccc(Br)cc1)N1CCCCC1. The van der Waals surface area contributed by atoms with Crippen LogP contribution in [0.2, 0.25) is 0 Å². The van der Waals surface area contributed by atoms with Gasteiger partial charge in [-0.05, 0) is 43.5 Å². The lowest BCUT2D eigenvalue weighted by atomic mass is 10.1. The van der Waals surface area contributed by atoms with Crippen molar-refractivity contribution in [1.82, 2.24) is 4.90 Å². The first-order chi connectivity index (χ1) is 8.99. The van der Waals surface area contributed by atoms with E-state index in [1.807, 2.05) is 0 Å². The molecule has 0 bridgehead atoms. The Morgan fingerprint density at radius 3 is 2.26 bits per heavy atom. The molecule has 1 aliphatic heterocycles. The van der Waals surface area contributed by atoms with E-state index >= 15 is 0 Å². The third-order valence-corrected chi connectivity index (χ3v) is 5.34. The fourth-order valence-corrected chi connectivity index (χ4v) is 3.61. The van der Waals surface area contributed by atoms with Crippen LogP contribution < -0.4 is 0 Å². The van der Waals surface area contributed by atoms with Crippen LogP contribution in [0.4, 0.5) is 0 Å². The van der Waals surface area contributed by atoms with Gasteiger partial charge in [-0.3, -0.25) is 4.79 Å². The maximum Gasteiger partial charge on any atom is 0.238 e. The minimum atomic E-state index is -3.54. The molecule has 0 radical (unpaired) electrons. The van der Waals surface area contributed by atoms with Gasteiger partial charge >= 0.3 is 0 Å². The van der Waals surface area contributed by atoms with Gasteiger partial charge in [0.25, 0.3) is 0 Å². The number of nitrogens with zero attached hydrogens (tertiary/aromatic N) is 1. The van der Waals surface area contributed by atoms with Crippen LogP contribution in [-0.2, 0) is 14.6 Å². The molecule has 1 aliphatic rings. The normalized spacial score (nSPS) is 16.4. The average molecular weight is 346 g/mol. The van der Waals surface area contributed by atoms with E-state index in [-0.39, 0.29) is 10.8 Å². The molecule has 1 fully saturated rings. The van der Waals surface area contributed by atoms with Gasteiger partial charge in [0.2, 0.25) is 5.91 Å². The second kappa shape index (κ2) is 6.05. The van der Waals surface area contributed by atoms with Gasteiger partial charge in [-0.2, -0.15) is 0 Å². The zero-order valence-corrected chi connectivity index (χ0v) is 12.9. The van der Waals surface area contributed by atoms with Crippen LogP contribution in [-0.4, -0.2) is 38.1 Å². The molecule has 19 heavy (non-hydrogen) atoms. The zero-order chi connectivity index (χ0) is 13.9. The Bertz CT molecular complexity index is 548. The lowest BCUT2D eigenvalue weighted by molar-refractivity contribution is -0.129. The lowest BCUT2D eigenvalue weighted by Crippen LogP contribution is -2.39. The van der Waals surface area contributed by atoms with Gasteiger partial charge in [0.05, 0.1) is 4.90 Å². The van der Waals surface area contributed by atoms with Gasteiger partial charge < -0.3 is 4.90 Å². The highest BCUT2D eigenvalue weighted by Crippen LogP contribution is 2.17. The van der Waals surface area contributed by atoms with Crippen molar-refractivity contribution in [1.29, 1.82) is 0 Å². The Labute approximate surface area is 121 Å². The minimum absolute atomic E-state index is 0.195. The molecule has 0 aromatic heterocycles. The minimum Gasteiger partial charge on any atom is -0.342 e. The summed E-state index contributed by atoms with van der Waals surface area (Å²) in [6.07, 6.45) is 3.04. The van der Waals surface area contributed by atoms with Crippen LogP contribution in [0.25, 0.3) is 0 Å². The van der Waals surface area contributed by atoms with Gasteiger partial charge in [-0.25, -0.2) is 8.42 Å². The smallest absolute Gasteiger partial charge is 0.238 e. The van der Waals surface area contributed by atoms with E-state index < -0.39 is 15.6 Å². The molecule has 1 aromatic carbocycles. The summed E-state index contributed by atoms with van der Waals surface area (Å²) in [5.74, 6) is -0.725. The predicted octanol–water partition coefficient (Wildman–Crippen LogP) is 2.24. The summed E-state index contributed by atoms with van der Waals surface area (Å²) in [5, 5.41) is 0. The van der Waals surface area contributed by atoms with E-state index in [0.717, 1.165) is 23.7 Å². The monoisotopic (exact) mass is 345 g/mol. The van der Waals surface area contributed by atoms with E-state index in [1.54, 1.807) is 17.0 Å². The largest absolute Gasteiger partial charge is 0.342 e. The first-order valence-corrected chi connectivity index (χ1v) is 8.70. The second-order valence-corrected chi connectivity index (χ2v) is 7.56. The standard InChI is InChI=1S/C13H16BrNO3S/c14-11-4-6-12(7-5-11)19(17,18)10-13(16)15-8-2-1-3-9-15/h4-7H,1-3,8-10H2. The molecule has 0 atom stereocenters. The maximum atomic E-state index is 12.1. The van der Waals surface area contributed by atoms with Crippen molar-refractivity contribution in [3.8, 4) is 0 Å². The summed E-state index contributed by atoms with van der Waals surface area (Å²) in [6.45, 7) is 1.35. The molecule has 0 aliphatic carbocycles. The molecule has 1 heterocycles. The number of hydrogen-bond acceptors (Lipinski definition) is 3. The molecule has 1 saturated heterocycles. The highest BCUT2D eigenvalue weighted by atomic mass is 79.9. The number of carbonyl (C=O) groups is 1. The van der Waals surface area contributed by atoms with Gasteiger partial charge in [0.1, 0.15) is 5.75 Å². The summed E-state index contributed by atoms with van der Waals surface area (Å²) in [6, 6.07) is 6.36. The summed E-state index contributed by atoms with van der Waals surface area (Å²) < 4.78 is 25.1. The molecule has 104 valence electrons. The van der Waals surface area contributed by atoms with Gasteiger partial charge in [-0.1, -0.05) is 15.9 Å². The van der Waals surface area contributed by atoms with E-state index in [9.17, 15) is 13.2 Å². The van der Waals surface area contributed by atoms with Crippen LogP contribution >= 0.6 is 15.9 Å². The molecule has 0 saturated carbocycles. The third kappa shape index (κ3) is 3.79. The number of sulfone groups is 1. The van der Waals surface area contributed by atoms with Gasteiger partial charge in [0, 0.05) is 17.6 Å². The van der Waals surface area contributed by atoms with Crippen molar-refractivity contribution in [2.24, 2.45) is 0 Å². The highest BCUT2D eigenvalue weighted by molar-refractivity contribution is 9.10. The third-order valence-electron chi connectivity index (χ3n) is 3.20. The predicted molar refractivity (Wildman–Crippen MR) is 76.6 cm³/mol. The molecule has 1 amide bonds. The number of likely N-dealkylation sites (tertiary alicyclic amines) is 1. The highest BCUT2D eigenvalue weighted by Gasteiger charge is 2.24.